The van der Waals surface area contributed by atoms with Crippen LogP contribution in [0.5, 0.6) is 0 Å². The van der Waals surface area contributed by atoms with Crippen molar-refractivity contribution >= 4 is 41.5 Å². The van der Waals surface area contributed by atoms with Crippen LogP contribution < -0.4 is 12.3 Å². The second kappa shape index (κ2) is 10.4. The van der Waals surface area contributed by atoms with E-state index in [0.717, 1.165) is 0 Å². The Kier molecular flexibility index (Phi) is 17.0. The van der Waals surface area contributed by atoms with Gasteiger partial charge in [-0.3, -0.25) is 0 Å². The minimum atomic E-state index is -3.38. The predicted octanol–water partition coefficient (Wildman–Crippen LogP) is -1.57. The zero-order valence-electron chi connectivity index (χ0n) is 10.1. The van der Waals surface area contributed by atoms with Crippen molar-refractivity contribution in [1.82, 2.24) is 0 Å². The number of hydrogen-bond acceptors (Lipinski definition) is 6. The zero-order valence-corrected chi connectivity index (χ0v) is 16.9. The molecule has 10 heteroatoms. The van der Waals surface area contributed by atoms with Crippen molar-refractivity contribution in [3.63, 3.8) is 0 Å². The van der Waals surface area contributed by atoms with Gasteiger partial charge in [-0.1, -0.05) is 0 Å². The molecule has 0 aliphatic rings. The van der Waals surface area contributed by atoms with Gasteiger partial charge < -0.3 is 0 Å². The molecule has 0 fully saturated rings. The van der Waals surface area contributed by atoms with Gasteiger partial charge in [-0.25, -0.2) is 0 Å². The summed E-state index contributed by atoms with van der Waals surface area (Å²) in [6.07, 6.45) is 0. The third-order valence-corrected chi connectivity index (χ3v) is 0. The monoisotopic (exact) mass is 467 g/mol. The molecule has 0 spiro atoms. The Balaban J connectivity index is -0.0000000655. The average molecular weight is 467 g/mol. The van der Waals surface area contributed by atoms with Crippen molar-refractivity contribution in [3.8, 4) is 0 Å². The van der Waals surface area contributed by atoms with E-state index in [9.17, 15) is 23.5 Å². The third-order valence-electron chi connectivity index (χ3n) is 0. The molecule has 0 aliphatic heterocycles. The van der Waals surface area contributed by atoms with Crippen molar-refractivity contribution in [2.45, 2.75) is 34.3 Å². The van der Waals surface area contributed by atoms with Gasteiger partial charge in [0.15, 0.2) is 0 Å². The summed E-state index contributed by atoms with van der Waals surface area (Å²) in [7, 11) is 0. The number of rotatable bonds is 0. The van der Waals surface area contributed by atoms with E-state index in [1.807, 2.05) is 0 Å². The first-order valence-electron chi connectivity index (χ1n) is 3.78. The van der Waals surface area contributed by atoms with Crippen LogP contribution in [0.15, 0.2) is 0 Å². The first-order chi connectivity index (χ1) is 6.00. The molecule has 0 saturated heterocycles. The third kappa shape index (κ3) is 1490. The molecule has 0 bridgehead atoms. The van der Waals surface area contributed by atoms with Gasteiger partial charge in [0.05, 0.1) is 0 Å². The van der Waals surface area contributed by atoms with Gasteiger partial charge in [0.2, 0.25) is 0 Å². The van der Waals surface area contributed by atoms with E-state index < -0.39 is 41.5 Å². The maximum Gasteiger partial charge on any atom is 3.00 e. The molecule has 6 nitrogen and oxygen atoms in total. The molecule has 0 aromatic rings. The van der Waals surface area contributed by atoms with Gasteiger partial charge in [-0.15, -0.1) is 0 Å². The molecule has 0 unspecified atom stereocenters. The van der Waals surface area contributed by atoms with Crippen molar-refractivity contribution in [2.75, 3.05) is 0 Å². The Morgan fingerprint density at radius 3 is 0.562 bits per heavy atom. The van der Waals surface area contributed by atoms with E-state index >= 15 is 0 Å². The summed E-state index contributed by atoms with van der Waals surface area (Å²) in [5.41, 5.74) is 7.49. The molecule has 0 N–H and O–H groups in total. The molecule has 1 radical (unpaired) electrons. The fourth-order valence-corrected chi connectivity index (χ4v) is 0. The summed E-state index contributed by atoms with van der Waals surface area (Å²) in [6, 6.07) is 0. The Labute approximate surface area is 115 Å². The standard InChI is InChI=1S/3C2H7AsO2.Fe/c3*1-3(2,4)5;/h3*1-2H3,(H,4,5);/q;;;+3/p-3. The van der Waals surface area contributed by atoms with Crippen LogP contribution in [-0.4, -0.2) is 41.5 Å². The molecule has 0 aromatic carbocycles. The van der Waals surface area contributed by atoms with Crippen LogP contribution >= 0.6 is 0 Å². The van der Waals surface area contributed by atoms with E-state index in [-0.39, 0.29) is 17.1 Å². The minimum absolute atomic E-state index is 0. The normalized spacial score (nSPS) is 11.1. The second-order valence-corrected chi connectivity index (χ2v) is 19.5. The fourth-order valence-electron chi connectivity index (χ4n) is 0. The Morgan fingerprint density at radius 2 is 0.562 bits per heavy atom. The van der Waals surface area contributed by atoms with E-state index in [4.69, 9.17) is 0 Å². The molecule has 101 valence electrons. The van der Waals surface area contributed by atoms with Crippen molar-refractivity contribution in [3.05, 3.63) is 0 Å². The molecule has 0 aliphatic carbocycles. The van der Waals surface area contributed by atoms with Gasteiger partial charge >= 0.3 is 116 Å². The zero-order chi connectivity index (χ0) is 13.5. The molecule has 0 aromatic heterocycles. The van der Waals surface area contributed by atoms with Crippen LogP contribution in [0.25, 0.3) is 0 Å². The van der Waals surface area contributed by atoms with Crippen LogP contribution in [0, 0.1) is 0 Å². The molecule has 16 heavy (non-hydrogen) atoms. The molecular weight excluding hydrogens is 449 g/mol. The molecule has 0 saturated carbocycles. The molecular formula is C6H18As3FeO6. The maximum absolute atomic E-state index is 9.72. The molecule has 0 atom stereocenters. The van der Waals surface area contributed by atoms with E-state index in [0.29, 0.717) is 0 Å². The first-order valence-corrected chi connectivity index (χ1v) is 19.6. The second-order valence-electron chi connectivity index (χ2n) is 3.76. The fraction of sp³-hybridized carbons (Fsp3) is 1.00. The van der Waals surface area contributed by atoms with Crippen LogP contribution in [0.4, 0.5) is 0 Å². The molecule has 0 heterocycles. The van der Waals surface area contributed by atoms with Gasteiger partial charge in [-0.2, -0.15) is 0 Å². The summed E-state index contributed by atoms with van der Waals surface area (Å²) >= 11 is -10.1. The average Bonchev–Trinajstić information content (AvgIpc) is 1.41. The number of hydrogen-bond donors (Lipinski definition) is 0. The van der Waals surface area contributed by atoms with Crippen LogP contribution in [0.3, 0.4) is 0 Å². The smallest absolute Gasteiger partial charge is 3.00 e. The quantitative estimate of drug-likeness (QED) is 0.398. The summed E-state index contributed by atoms with van der Waals surface area (Å²) in [5, 5.41) is 0. The van der Waals surface area contributed by atoms with Gasteiger partial charge in [-0.05, 0) is 0 Å². The summed E-state index contributed by atoms with van der Waals surface area (Å²) in [5.74, 6) is 0. The predicted molar refractivity (Wildman–Crippen MR) is 54.5 cm³/mol. The first kappa shape index (κ1) is 26.1. The van der Waals surface area contributed by atoms with E-state index in [1.54, 1.807) is 0 Å². The Bertz CT molecular complexity index is 214. The van der Waals surface area contributed by atoms with Crippen molar-refractivity contribution in [1.29, 1.82) is 0 Å². The minimum Gasteiger partial charge on any atom is 3.00 e. The summed E-state index contributed by atoms with van der Waals surface area (Å²) in [4.78, 5) is 0. The van der Waals surface area contributed by atoms with Gasteiger partial charge in [0, 0.05) is 0 Å². The van der Waals surface area contributed by atoms with E-state index in [1.165, 1.54) is 34.3 Å². The molecule has 0 amide bonds. The maximum atomic E-state index is 9.72. The Morgan fingerprint density at radius 1 is 0.562 bits per heavy atom. The SMILES string of the molecule is C[As](C)(=O)[O-].C[As](C)(=O)[O-].C[As](C)(=O)[O-].[Fe+3]. The van der Waals surface area contributed by atoms with Gasteiger partial charge in [0.25, 0.3) is 0 Å². The summed E-state index contributed by atoms with van der Waals surface area (Å²) in [6.45, 7) is 0. The van der Waals surface area contributed by atoms with Crippen LogP contribution in [0.2, 0.25) is 34.3 Å². The van der Waals surface area contributed by atoms with Gasteiger partial charge in [0.1, 0.15) is 0 Å². The largest absolute Gasteiger partial charge is 3.00 e. The molecule has 0 rings (SSSR count). The topological polar surface area (TPSA) is 120 Å². The van der Waals surface area contributed by atoms with Crippen molar-refractivity contribution < 1.29 is 40.6 Å². The van der Waals surface area contributed by atoms with Crippen LogP contribution in [0.1, 0.15) is 0 Å². The summed E-state index contributed by atoms with van der Waals surface area (Å²) < 4.78 is 58.3. The van der Waals surface area contributed by atoms with Crippen molar-refractivity contribution in [2.24, 2.45) is 0 Å². The van der Waals surface area contributed by atoms with Crippen LogP contribution in [-0.2, 0) is 28.3 Å². The van der Waals surface area contributed by atoms with E-state index in [2.05, 4.69) is 0 Å². The Hall–Kier alpha value is 1.47.